The van der Waals surface area contributed by atoms with Gasteiger partial charge in [-0.1, -0.05) is 6.07 Å². The van der Waals surface area contributed by atoms with Gasteiger partial charge in [-0.3, -0.25) is 9.69 Å². The van der Waals surface area contributed by atoms with Crippen molar-refractivity contribution in [3.05, 3.63) is 71.2 Å². The van der Waals surface area contributed by atoms with E-state index >= 15 is 0 Å². The molecule has 0 radical (unpaired) electrons. The second-order valence-electron chi connectivity index (χ2n) is 10.6. The molecule has 1 unspecified atom stereocenters. The molecule has 10 nitrogen and oxygen atoms in total. The van der Waals surface area contributed by atoms with Crippen molar-refractivity contribution >= 4 is 11.6 Å². The van der Waals surface area contributed by atoms with E-state index in [1.807, 2.05) is 38.8 Å². The van der Waals surface area contributed by atoms with Crippen LogP contribution in [0.2, 0.25) is 0 Å². The van der Waals surface area contributed by atoms with Gasteiger partial charge in [0.15, 0.2) is 11.3 Å². The van der Waals surface area contributed by atoms with Gasteiger partial charge >= 0.3 is 6.18 Å². The van der Waals surface area contributed by atoms with Crippen molar-refractivity contribution in [3.8, 4) is 22.9 Å². The standard InChI is InChI=1S/C31H37F3N6O4/c1-7-44-26-13-10-22(16-35-26)25(18-41)38(5)14-15-39(19(2)3)30(42)24-17-36-40-28(31(32,33)34)20(4)27(37-29(24)40)21-8-11-23(43-6)12-9-21/h8-13,16-17,19,25,41H,7,14-15,18H2,1-6H3. The Labute approximate surface area is 254 Å². The minimum absolute atomic E-state index is 0.0453. The summed E-state index contributed by atoms with van der Waals surface area (Å²) in [7, 11) is 3.31. The molecule has 0 aliphatic heterocycles. The monoisotopic (exact) mass is 614 g/mol. The van der Waals surface area contributed by atoms with Crippen LogP contribution >= 0.6 is 0 Å². The summed E-state index contributed by atoms with van der Waals surface area (Å²) in [5.41, 5.74) is -0.0441. The van der Waals surface area contributed by atoms with E-state index in [9.17, 15) is 23.1 Å². The number of likely N-dealkylation sites (N-methyl/N-ethyl adjacent to an activating group) is 1. The summed E-state index contributed by atoms with van der Waals surface area (Å²) in [6.07, 6.45) is -1.98. The number of hydrogen-bond acceptors (Lipinski definition) is 8. The van der Waals surface area contributed by atoms with Crippen molar-refractivity contribution in [1.82, 2.24) is 29.4 Å². The number of carbonyl (C=O) groups is 1. The van der Waals surface area contributed by atoms with Crippen LogP contribution in [0.25, 0.3) is 16.9 Å². The van der Waals surface area contributed by atoms with E-state index < -0.39 is 23.8 Å². The average molecular weight is 615 g/mol. The maximum absolute atomic E-state index is 14.4. The van der Waals surface area contributed by atoms with Gasteiger partial charge in [0.2, 0.25) is 5.88 Å². The number of halogens is 3. The number of ether oxygens (including phenoxy) is 2. The summed E-state index contributed by atoms with van der Waals surface area (Å²) in [5.74, 6) is 0.522. The SMILES string of the molecule is CCOc1ccc(C(CO)N(C)CCN(C(=O)c2cnn3c(C(F)(F)F)c(C)c(-c4ccc(OC)cc4)nc23)C(C)C)cn1. The second kappa shape index (κ2) is 13.6. The fourth-order valence-electron chi connectivity index (χ4n) is 5.08. The number of amides is 1. The molecule has 44 heavy (non-hydrogen) atoms. The molecule has 1 amide bonds. The summed E-state index contributed by atoms with van der Waals surface area (Å²) in [6.45, 7) is 7.74. The lowest BCUT2D eigenvalue weighted by atomic mass is 10.0. The molecule has 13 heteroatoms. The number of fused-ring (bicyclic) bond motifs is 1. The van der Waals surface area contributed by atoms with Crippen LogP contribution < -0.4 is 9.47 Å². The smallest absolute Gasteiger partial charge is 0.433 e. The maximum atomic E-state index is 14.4. The first-order chi connectivity index (χ1) is 20.9. The van der Waals surface area contributed by atoms with E-state index in [1.54, 1.807) is 41.4 Å². The van der Waals surface area contributed by atoms with Crippen molar-refractivity contribution in [2.45, 2.75) is 46.0 Å². The number of benzene rings is 1. The molecular weight excluding hydrogens is 577 g/mol. The van der Waals surface area contributed by atoms with Gasteiger partial charge in [-0.15, -0.1) is 0 Å². The van der Waals surface area contributed by atoms with E-state index in [0.29, 0.717) is 34.9 Å². The molecule has 0 bridgehead atoms. The molecular formula is C31H37F3N6O4. The van der Waals surface area contributed by atoms with Crippen LogP contribution in [-0.4, -0.2) is 86.9 Å². The van der Waals surface area contributed by atoms with E-state index in [4.69, 9.17) is 9.47 Å². The number of hydrogen-bond donors (Lipinski definition) is 1. The van der Waals surface area contributed by atoms with Crippen LogP contribution in [0.3, 0.4) is 0 Å². The molecule has 4 rings (SSSR count). The van der Waals surface area contributed by atoms with E-state index in [1.165, 1.54) is 14.0 Å². The molecule has 0 aliphatic carbocycles. The third-order valence-electron chi connectivity index (χ3n) is 7.47. The van der Waals surface area contributed by atoms with E-state index in [0.717, 1.165) is 11.8 Å². The molecule has 3 heterocycles. The molecule has 236 valence electrons. The summed E-state index contributed by atoms with van der Waals surface area (Å²) in [4.78, 5) is 26.2. The Morgan fingerprint density at radius 1 is 1.09 bits per heavy atom. The predicted molar refractivity (Wildman–Crippen MR) is 159 cm³/mol. The Morgan fingerprint density at radius 3 is 2.34 bits per heavy atom. The molecule has 1 aromatic carbocycles. The number of aromatic nitrogens is 4. The van der Waals surface area contributed by atoms with Gasteiger partial charge in [0.1, 0.15) is 11.3 Å². The first-order valence-electron chi connectivity index (χ1n) is 14.2. The lowest BCUT2D eigenvalue weighted by molar-refractivity contribution is -0.143. The van der Waals surface area contributed by atoms with E-state index in [2.05, 4.69) is 15.1 Å². The normalized spacial score (nSPS) is 12.6. The zero-order chi connectivity index (χ0) is 32.2. The highest BCUT2D eigenvalue weighted by Gasteiger charge is 2.39. The number of pyridine rings is 1. The second-order valence-corrected chi connectivity index (χ2v) is 10.6. The van der Waals surface area contributed by atoms with Gasteiger partial charge in [0.05, 0.1) is 38.3 Å². The molecule has 0 saturated heterocycles. The molecule has 1 atom stereocenters. The number of carbonyl (C=O) groups excluding carboxylic acids is 1. The van der Waals surface area contributed by atoms with Crippen molar-refractivity contribution in [2.75, 3.05) is 40.5 Å². The van der Waals surface area contributed by atoms with Crippen LogP contribution in [0.4, 0.5) is 13.2 Å². The summed E-state index contributed by atoms with van der Waals surface area (Å²) >= 11 is 0. The van der Waals surface area contributed by atoms with Crippen molar-refractivity contribution in [2.24, 2.45) is 0 Å². The third-order valence-corrected chi connectivity index (χ3v) is 7.47. The molecule has 0 spiro atoms. The highest BCUT2D eigenvalue weighted by atomic mass is 19.4. The highest BCUT2D eigenvalue weighted by Crippen LogP contribution is 2.37. The maximum Gasteiger partial charge on any atom is 0.433 e. The summed E-state index contributed by atoms with van der Waals surface area (Å²) in [5, 5.41) is 14.1. The predicted octanol–water partition coefficient (Wildman–Crippen LogP) is 5.04. The van der Waals surface area contributed by atoms with Gasteiger partial charge in [0, 0.05) is 42.5 Å². The lowest BCUT2D eigenvalue weighted by Crippen LogP contribution is -2.43. The summed E-state index contributed by atoms with van der Waals surface area (Å²) < 4.78 is 54.4. The fourth-order valence-corrected chi connectivity index (χ4v) is 5.08. The Hall–Kier alpha value is -4.23. The molecule has 0 fully saturated rings. The van der Waals surface area contributed by atoms with Crippen LogP contribution in [-0.2, 0) is 6.18 Å². The quantitative estimate of drug-likeness (QED) is 0.237. The van der Waals surface area contributed by atoms with Crippen molar-refractivity contribution in [3.63, 3.8) is 0 Å². The van der Waals surface area contributed by atoms with Gasteiger partial charge in [-0.05, 0) is 64.6 Å². The molecule has 1 N–H and O–H groups in total. The number of alkyl halides is 3. The van der Waals surface area contributed by atoms with E-state index in [-0.39, 0.29) is 41.7 Å². The minimum atomic E-state index is -4.76. The van der Waals surface area contributed by atoms with Gasteiger partial charge < -0.3 is 19.5 Å². The number of rotatable bonds is 12. The number of methoxy groups -OCH3 is 1. The Bertz CT molecular complexity index is 1570. The van der Waals surface area contributed by atoms with Crippen molar-refractivity contribution in [1.29, 1.82) is 0 Å². The first kappa shape index (κ1) is 32.7. The van der Waals surface area contributed by atoms with Crippen LogP contribution in [0, 0.1) is 6.92 Å². The minimum Gasteiger partial charge on any atom is -0.497 e. The number of aliphatic hydroxyl groups is 1. The molecule has 0 saturated carbocycles. The molecule has 3 aromatic heterocycles. The van der Waals surface area contributed by atoms with Crippen LogP contribution in [0.1, 0.15) is 54.0 Å². The van der Waals surface area contributed by atoms with Crippen LogP contribution in [0.15, 0.2) is 48.8 Å². The van der Waals surface area contributed by atoms with Gasteiger partial charge in [0.25, 0.3) is 5.91 Å². The van der Waals surface area contributed by atoms with Gasteiger partial charge in [-0.2, -0.15) is 18.3 Å². The van der Waals surface area contributed by atoms with Crippen molar-refractivity contribution < 1.29 is 32.5 Å². The molecule has 4 aromatic rings. The number of nitrogens with zero attached hydrogens (tertiary/aromatic N) is 6. The molecule has 0 aliphatic rings. The largest absolute Gasteiger partial charge is 0.497 e. The zero-order valence-corrected chi connectivity index (χ0v) is 25.6. The first-order valence-corrected chi connectivity index (χ1v) is 14.2. The fraction of sp³-hybridized carbons (Fsp3) is 0.419. The lowest BCUT2D eigenvalue weighted by Gasteiger charge is -2.32. The topological polar surface area (TPSA) is 105 Å². The Morgan fingerprint density at radius 2 is 1.80 bits per heavy atom. The number of aliphatic hydroxyl groups excluding tert-OH is 1. The average Bonchev–Trinajstić information content (AvgIpc) is 3.40. The zero-order valence-electron chi connectivity index (χ0n) is 25.6. The third kappa shape index (κ3) is 6.78. The van der Waals surface area contributed by atoms with Gasteiger partial charge in [-0.25, -0.2) is 14.5 Å². The van der Waals surface area contributed by atoms with Crippen LogP contribution in [0.5, 0.6) is 11.6 Å². The highest BCUT2D eigenvalue weighted by molar-refractivity contribution is 6.00. The Balaban J connectivity index is 1.66. The summed E-state index contributed by atoms with van der Waals surface area (Å²) in [6, 6.07) is 9.38. The Kier molecular flexibility index (Phi) is 10.1.